The molecule has 1 fully saturated rings. The van der Waals surface area contributed by atoms with Crippen LogP contribution < -0.4 is 10.1 Å². The molecule has 1 aliphatic heterocycles. The monoisotopic (exact) mass is 409 g/mol. The summed E-state index contributed by atoms with van der Waals surface area (Å²) >= 11 is 0. The van der Waals surface area contributed by atoms with E-state index >= 15 is 0 Å². The van der Waals surface area contributed by atoms with Gasteiger partial charge in [0.2, 0.25) is 11.8 Å². The molecule has 0 unspecified atom stereocenters. The number of nitrogens with one attached hydrogen (secondary N) is 1. The molecule has 0 aromatic heterocycles. The minimum atomic E-state index is -0.0119. The first kappa shape index (κ1) is 21.8. The SMILES string of the molecule is CCc1ccccc1NC(=O)CN1CCN(C(=O)CCOc2ccc(C)cc2)CC1. The minimum absolute atomic E-state index is 0.0119. The molecule has 3 rings (SSSR count). The second-order valence-corrected chi connectivity index (χ2v) is 7.63. The summed E-state index contributed by atoms with van der Waals surface area (Å²) < 4.78 is 5.66. The smallest absolute Gasteiger partial charge is 0.238 e. The number of carbonyl (C=O) groups excluding carboxylic acids is 2. The van der Waals surface area contributed by atoms with Crippen molar-refractivity contribution in [3.63, 3.8) is 0 Å². The normalized spacial score (nSPS) is 14.4. The molecular weight excluding hydrogens is 378 g/mol. The Bertz CT molecular complexity index is 843. The van der Waals surface area contributed by atoms with Gasteiger partial charge in [0.1, 0.15) is 5.75 Å². The van der Waals surface area contributed by atoms with Gasteiger partial charge >= 0.3 is 0 Å². The van der Waals surface area contributed by atoms with Crippen LogP contribution in [0.15, 0.2) is 48.5 Å². The van der Waals surface area contributed by atoms with Crippen LogP contribution in [0, 0.1) is 6.92 Å². The van der Waals surface area contributed by atoms with E-state index in [4.69, 9.17) is 4.74 Å². The van der Waals surface area contributed by atoms with E-state index in [1.54, 1.807) is 0 Å². The van der Waals surface area contributed by atoms with Gasteiger partial charge < -0.3 is 15.0 Å². The molecule has 160 valence electrons. The Morgan fingerprint density at radius 1 is 1.00 bits per heavy atom. The molecule has 0 aliphatic carbocycles. The highest BCUT2D eigenvalue weighted by Crippen LogP contribution is 2.16. The fraction of sp³-hybridized carbons (Fsp3) is 0.417. The molecule has 0 bridgehead atoms. The van der Waals surface area contributed by atoms with Crippen molar-refractivity contribution in [2.45, 2.75) is 26.7 Å². The lowest BCUT2D eigenvalue weighted by Gasteiger charge is -2.34. The molecule has 1 N–H and O–H groups in total. The van der Waals surface area contributed by atoms with E-state index in [1.165, 1.54) is 5.56 Å². The van der Waals surface area contributed by atoms with Crippen LogP contribution in [0.4, 0.5) is 5.69 Å². The van der Waals surface area contributed by atoms with Crippen LogP contribution in [0.3, 0.4) is 0 Å². The molecule has 1 heterocycles. The first-order valence-corrected chi connectivity index (χ1v) is 10.6. The van der Waals surface area contributed by atoms with Gasteiger partial charge in [-0.15, -0.1) is 0 Å². The Morgan fingerprint density at radius 2 is 1.70 bits per heavy atom. The van der Waals surface area contributed by atoms with Gasteiger partial charge in [-0.3, -0.25) is 14.5 Å². The molecule has 6 heteroatoms. The van der Waals surface area contributed by atoms with Crippen LogP contribution in [-0.2, 0) is 16.0 Å². The summed E-state index contributed by atoms with van der Waals surface area (Å²) in [4.78, 5) is 28.8. The maximum Gasteiger partial charge on any atom is 0.238 e. The molecule has 0 radical (unpaired) electrons. The second-order valence-electron chi connectivity index (χ2n) is 7.63. The number of hydrogen-bond acceptors (Lipinski definition) is 4. The van der Waals surface area contributed by atoms with Crippen LogP contribution >= 0.6 is 0 Å². The average Bonchev–Trinajstić information content (AvgIpc) is 2.76. The van der Waals surface area contributed by atoms with Gasteiger partial charge in [0.25, 0.3) is 0 Å². The number of anilines is 1. The van der Waals surface area contributed by atoms with Gasteiger partial charge in [-0.2, -0.15) is 0 Å². The van der Waals surface area contributed by atoms with Crippen LogP contribution in [-0.4, -0.2) is 60.9 Å². The number of benzene rings is 2. The maximum absolute atomic E-state index is 12.4. The number of para-hydroxylation sites is 1. The summed E-state index contributed by atoms with van der Waals surface area (Å²) in [5.74, 6) is 0.874. The van der Waals surface area contributed by atoms with E-state index in [-0.39, 0.29) is 11.8 Å². The molecule has 30 heavy (non-hydrogen) atoms. The van der Waals surface area contributed by atoms with Gasteiger partial charge in [0, 0.05) is 31.9 Å². The van der Waals surface area contributed by atoms with Crippen molar-refractivity contribution in [2.75, 3.05) is 44.6 Å². The van der Waals surface area contributed by atoms with E-state index in [9.17, 15) is 9.59 Å². The summed E-state index contributed by atoms with van der Waals surface area (Å²) in [5.41, 5.74) is 3.20. The zero-order chi connectivity index (χ0) is 21.3. The summed E-state index contributed by atoms with van der Waals surface area (Å²) in [5, 5.41) is 3.01. The third-order valence-corrected chi connectivity index (χ3v) is 5.37. The van der Waals surface area contributed by atoms with E-state index in [0.717, 1.165) is 23.4 Å². The third kappa shape index (κ3) is 6.32. The standard InChI is InChI=1S/C24H31N3O3/c1-3-20-6-4-5-7-22(20)25-23(28)18-26-13-15-27(16-14-26)24(29)12-17-30-21-10-8-19(2)9-11-21/h4-11H,3,12-18H2,1-2H3,(H,25,28). The van der Waals surface area contributed by atoms with Crippen LogP contribution in [0.5, 0.6) is 5.75 Å². The highest BCUT2D eigenvalue weighted by molar-refractivity contribution is 5.93. The van der Waals surface area contributed by atoms with E-state index in [0.29, 0.717) is 45.8 Å². The van der Waals surface area contributed by atoms with Gasteiger partial charge in [-0.25, -0.2) is 0 Å². The van der Waals surface area contributed by atoms with Crippen molar-refractivity contribution in [1.29, 1.82) is 0 Å². The molecule has 2 aromatic rings. The van der Waals surface area contributed by atoms with E-state index in [2.05, 4.69) is 17.1 Å². The molecule has 0 atom stereocenters. The zero-order valence-electron chi connectivity index (χ0n) is 17.9. The fourth-order valence-corrected chi connectivity index (χ4v) is 3.55. The lowest BCUT2D eigenvalue weighted by atomic mass is 10.1. The Hall–Kier alpha value is -2.86. The summed E-state index contributed by atoms with van der Waals surface area (Å²) in [7, 11) is 0. The number of hydrogen-bond donors (Lipinski definition) is 1. The Morgan fingerprint density at radius 3 is 2.40 bits per heavy atom. The fourth-order valence-electron chi connectivity index (χ4n) is 3.55. The number of piperazine rings is 1. The quantitative estimate of drug-likeness (QED) is 0.728. The predicted octanol–water partition coefficient (Wildman–Crippen LogP) is 3.11. The summed E-state index contributed by atoms with van der Waals surface area (Å²) in [6.07, 6.45) is 1.24. The number of amides is 2. The van der Waals surface area contributed by atoms with E-state index in [1.807, 2.05) is 60.4 Å². The topological polar surface area (TPSA) is 61.9 Å². The van der Waals surface area contributed by atoms with Crippen molar-refractivity contribution in [3.8, 4) is 5.75 Å². The molecule has 1 saturated heterocycles. The predicted molar refractivity (Wildman–Crippen MR) is 119 cm³/mol. The minimum Gasteiger partial charge on any atom is -0.493 e. The van der Waals surface area contributed by atoms with Crippen molar-refractivity contribution >= 4 is 17.5 Å². The van der Waals surface area contributed by atoms with Crippen LogP contribution in [0.1, 0.15) is 24.5 Å². The van der Waals surface area contributed by atoms with Crippen molar-refractivity contribution in [2.24, 2.45) is 0 Å². The second kappa shape index (κ2) is 10.8. The molecule has 0 saturated carbocycles. The third-order valence-electron chi connectivity index (χ3n) is 5.37. The molecule has 0 spiro atoms. The lowest BCUT2D eigenvalue weighted by Crippen LogP contribution is -2.50. The number of nitrogens with zero attached hydrogens (tertiary/aromatic N) is 2. The van der Waals surface area contributed by atoms with Crippen LogP contribution in [0.25, 0.3) is 0 Å². The number of aryl methyl sites for hydroxylation is 2. The lowest BCUT2D eigenvalue weighted by molar-refractivity contribution is -0.133. The Kier molecular flexibility index (Phi) is 7.85. The molecule has 6 nitrogen and oxygen atoms in total. The highest BCUT2D eigenvalue weighted by Gasteiger charge is 2.22. The van der Waals surface area contributed by atoms with Gasteiger partial charge in [0.05, 0.1) is 19.6 Å². The molecule has 2 aromatic carbocycles. The largest absolute Gasteiger partial charge is 0.493 e. The van der Waals surface area contributed by atoms with E-state index < -0.39 is 0 Å². The summed E-state index contributed by atoms with van der Waals surface area (Å²) in [6.45, 7) is 7.51. The van der Waals surface area contributed by atoms with Gasteiger partial charge in [0.15, 0.2) is 0 Å². The Labute approximate surface area is 178 Å². The molecule has 2 amide bonds. The number of carbonyl (C=O) groups is 2. The first-order chi connectivity index (χ1) is 14.5. The maximum atomic E-state index is 12.4. The average molecular weight is 410 g/mol. The Balaban J connectivity index is 1.37. The van der Waals surface area contributed by atoms with Crippen LogP contribution in [0.2, 0.25) is 0 Å². The molecular formula is C24H31N3O3. The number of rotatable bonds is 8. The van der Waals surface area contributed by atoms with Gasteiger partial charge in [-0.1, -0.05) is 42.8 Å². The zero-order valence-corrected chi connectivity index (χ0v) is 17.9. The summed E-state index contributed by atoms with van der Waals surface area (Å²) in [6, 6.07) is 15.7. The number of ether oxygens (including phenoxy) is 1. The van der Waals surface area contributed by atoms with Gasteiger partial charge in [-0.05, 0) is 37.1 Å². The first-order valence-electron chi connectivity index (χ1n) is 10.6. The highest BCUT2D eigenvalue weighted by atomic mass is 16.5. The molecule has 1 aliphatic rings. The van der Waals surface area contributed by atoms with Crippen molar-refractivity contribution in [3.05, 3.63) is 59.7 Å². The van der Waals surface area contributed by atoms with Crippen molar-refractivity contribution < 1.29 is 14.3 Å². The van der Waals surface area contributed by atoms with Crippen molar-refractivity contribution in [1.82, 2.24) is 9.80 Å².